The molecule has 0 aliphatic carbocycles. The summed E-state index contributed by atoms with van der Waals surface area (Å²) in [5.41, 5.74) is 0. The summed E-state index contributed by atoms with van der Waals surface area (Å²) < 4.78 is 12.6. The molecule has 1 rings (SSSR count). The third-order valence-corrected chi connectivity index (χ3v) is 1.65. The second kappa shape index (κ2) is 3.56. The molecule has 1 fully saturated rings. The second-order valence-corrected chi connectivity index (χ2v) is 2.56. The number of hydrogen-bond acceptors (Lipinski definition) is 2. The van der Waals surface area contributed by atoms with Gasteiger partial charge in [-0.05, 0) is 6.20 Å². The number of piperidine rings is 1. The standard InChI is InChI=1S/C7H13FN2/c1-2-10-7-3-6(8)4-9-5-7/h2,6-7,9-10H,1,3-5H2/t6-,7+/m0/s1. The maximum atomic E-state index is 12.6. The second-order valence-electron chi connectivity index (χ2n) is 2.56. The van der Waals surface area contributed by atoms with Crippen molar-refractivity contribution in [3.63, 3.8) is 0 Å². The summed E-state index contributed by atoms with van der Waals surface area (Å²) in [6, 6.07) is 0.223. The summed E-state index contributed by atoms with van der Waals surface area (Å²) in [5, 5.41) is 5.96. The van der Waals surface area contributed by atoms with E-state index in [1.165, 1.54) is 0 Å². The van der Waals surface area contributed by atoms with Gasteiger partial charge in [0.1, 0.15) is 6.17 Å². The minimum Gasteiger partial charge on any atom is -0.387 e. The van der Waals surface area contributed by atoms with E-state index in [-0.39, 0.29) is 6.04 Å². The largest absolute Gasteiger partial charge is 0.387 e. The van der Waals surface area contributed by atoms with Gasteiger partial charge >= 0.3 is 0 Å². The van der Waals surface area contributed by atoms with E-state index in [0.29, 0.717) is 13.0 Å². The first-order valence-electron chi connectivity index (χ1n) is 3.54. The Morgan fingerprint density at radius 3 is 3.00 bits per heavy atom. The van der Waals surface area contributed by atoms with Gasteiger partial charge in [-0.25, -0.2) is 4.39 Å². The lowest BCUT2D eigenvalue weighted by Crippen LogP contribution is -2.46. The van der Waals surface area contributed by atoms with Gasteiger partial charge in [-0.15, -0.1) is 0 Å². The molecule has 0 unspecified atom stereocenters. The zero-order valence-corrected chi connectivity index (χ0v) is 5.94. The van der Waals surface area contributed by atoms with Gasteiger partial charge in [-0.1, -0.05) is 6.58 Å². The first-order chi connectivity index (χ1) is 4.83. The highest BCUT2D eigenvalue weighted by Gasteiger charge is 2.19. The van der Waals surface area contributed by atoms with Crippen molar-refractivity contribution in [2.24, 2.45) is 0 Å². The molecule has 2 N–H and O–H groups in total. The zero-order chi connectivity index (χ0) is 7.40. The molecule has 1 aliphatic rings. The average Bonchev–Trinajstić information content (AvgIpc) is 1.88. The van der Waals surface area contributed by atoms with Gasteiger partial charge in [-0.2, -0.15) is 0 Å². The first-order valence-corrected chi connectivity index (χ1v) is 3.54. The van der Waals surface area contributed by atoms with E-state index in [4.69, 9.17) is 0 Å². The van der Waals surface area contributed by atoms with Gasteiger partial charge in [0, 0.05) is 25.6 Å². The van der Waals surface area contributed by atoms with Crippen molar-refractivity contribution in [3.8, 4) is 0 Å². The molecular weight excluding hydrogens is 131 g/mol. The summed E-state index contributed by atoms with van der Waals surface area (Å²) in [5.74, 6) is 0. The number of halogens is 1. The van der Waals surface area contributed by atoms with Crippen molar-refractivity contribution in [2.45, 2.75) is 18.6 Å². The van der Waals surface area contributed by atoms with Gasteiger partial charge in [-0.3, -0.25) is 0 Å². The van der Waals surface area contributed by atoms with Crippen LogP contribution in [0.25, 0.3) is 0 Å². The highest BCUT2D eigenvalue weighted by atomic mass is 19.1. The third kappa shape index (κ3) is 1.99. The Balaban J connectivity index is 2.24. The Morgan fingerprint density at radius 2 is 2.40 bits per heavy atom. The lowest BCUT2D eigenvalue weighted by Gasteiger charge is -2.25. The van der Waals surface area contributed by atoms with E-state index in [1.807, 2.05) is 0 Å². The number of hydrogen-bond donors (Lipinski definition) is 2. The van der Waals surface area contributed by atoms with Crippen LogP contribution in [-0.2, 0) is 0 Å². The summed E-state index contributed by atoms with van der Waals surface area (Å²) >= 11 is 0. The van der Waals surface area contributed by atoms with E-state index >= 15 is 0 Å². The molecule has 1 saturated heterocycles. The van der Waals surface area contributed by atoms with Crippen LogP contribution in [-0.4, -0.2) is 25.3 Å². The first kappa shape index (κ1) is 7.54. The molecule has 10 heavy (non-hydrogen) atoms. The molecule has 0 saturated carbocycles. The quantitative estimate of drug-likeness (QED) is 0.587. The molecule has 0 bridgehead atoms. The SMILES string of the molecule is C=CN[C@H]1CNC[C@@H](F)C1. The Hall–Kier alpha value is -0.570. The Kier molecular flexibility index (Phi) is 2.68. The van der Waals surface area contributed by atoms with Gasteiger partial charge in [0.25, 0.3) is 0 Å². The summed E-state index contributed by atoms with van der Waals surface area (Å²) in [6.45, 7) is 4.85. The zero-order valence-electron chi connectivity index (χ0n) is 5.94. The third-order valence-electron chi connectivity index (χ3n) is 1.65. The fourth-order valence-electron chi connectivity index (χ4n) is 1.18. The van der Waals surface area contributed by atoms with Gasteiger partial charge in [0.05, 0.1) is 0 Å². The van der Waals surface area contributed by atoms with E-state index in [2.05, 4.69) is 17.2 Å². The molecule has 0 aromatic carbocycles. The normalized spacial score (nSPS) is 33.3. The molecule has 0 radical (unpaired) electrons. The molecule has 1 aliphatic heterocycles. The molecular formula is C7H13FN2. The van der Waals surface area contributed by atoms with Gasteiger partial charge < -0.3 is 10.6 Å². The van der Waals surface area contributed by atoms with Crippen LogP contribution >= 0.6 is 0 Å². The van der Waals surface area contributed by atoms with E-state index in [0.717, 1.165) is 6.54 Å². The van der Waals surface area contributed by atoms with Crippen molar-refractivity contribution >= 4 is 0 Å². The minimum absolute atomic E-state index is 0.223. The molecule has 58 valence electrons. The number of nitrogens with one attached hydrogen (secondary N) is 2. The number of rotatable bonds is 2. The molecule has 3 heteroatoms. The van der Waals surface area contributed by atoms with Crippen LogP contribution in [0.15, 0.2) is 12.8 Å². The van der Waals surface area contributed by atoms with Crippen LogP contribution < -0.4 is 10.6 Å². The van der Waals surface area contributed by atoms with Crippen molar-refractivity contribution in [1.29, 1.82) is 0 Å². The smallest absolute Gasteiger partial charge is 0.114 e. The molecule has 2 atom stereocenters. The molecule has 0 aromatic heterocycles. The summed E-state index contributed by atoms with van der Waals surface area (Å²) in [6.07, 6.45) is 1.51. The monoisotopic (exact) mass is 144 g/mol. The van der Waals surface area contributed by atoms with Crippen LogP contribution in [0.4, 0.5) is 4.39 Å². The maximum absolute atomic E-state index is 12.6. The van der Waals surface area contributed by atoms with Crippen LogP contribution in [0.1, 0.15) is 6.42 Å². The van der Waals surface area contributed by atoms with Gasteiger partial charge in [0.2, 0.25) is 0 Å². The predicted octanol–water partition coefficient (Wildman–Crippen LogP) is 0.419. The fraction of sp³-hybridized carbons (Fsp3) is 0.714. The van der Waals surface area contributed by atoms with E-state index < -0.39 is 6.17 Å². The number of alkyl halides is 1. The van der Waals surface area contributed by atoms with Crippen molar-refractivity contribution in [3.05, 3.63) is 12.8 Å². The van der Waals surface area contributed by atoms with Crippen LogP contribution in [0.2, 0.25) is 0 Å². The average molecular weight is 144 g/mol. The maximum Gasteiger partial charge on any atom is 0.114 e. The minimum atomic E-state index is -0.703. The van der Waals surface area contributed by atoms with Crippen LogP contribution in [0.5, 0.6) is 0 Å². The lowest BCUT2D eigenvalue weighted by atomic mass is 10.1. The Bertz CT molecular complexity index is 116. The van der Waals surface area contributed by atoms with Crippen LogP contribution in [0, 0.1) is 0 Å². The lowest BCUT2D eigenvalue weighted by molar-refractivity contribution is 0.237. The predicted molar refractivity (Wildman–Crippen MR) is 39.5 cm³/mol. The van der Waals surface area contributed by atoms with Crippen molar-refractivity contribution < 1.29 is 4.39 Å². The Labute approximate surface area is 60.5 Å². The summed E-state index contributed by atoms with van der Waals surface area (Å²) in [4.78, 5) is 0. The highest BCUT2D eigenvalue weighted by molar-refractivity contribution is 4.83. The summed E-state index contributed by atoms with van der Waals surface area (Å²) in [7, 11) is 0. The fourth-order valence-corrected chi connectivity index (χ4v) is 1.18. The van der Waals surface area contributed by atoms with Crippen LogP contribution in [0.3, 0.4) is 0 Å². The highest BCUT2D eigenvalue weighted by Crippen LogP contribution is 2.05. The molecule has 0 aromatic rings. The van der Waals surface area contributed by atoms with E-state index in [9.17, 15) is 4.39 Å². The molecule has 0 amide bonds. The molecule has 1 heterocycles. The van der Waals surface area contributed by atoms with Gasteiger partial charge in [0.15, 0.2) is 0 Å². The van der Waals surface area contributed by atoms with E-state index in [1.54, 1.807) is 6.20 Å². The Morgan fingerprint density at radius 1 is 1.60 bits per heavy atom. The molecule has 0 spiro atoms. The molecule has 2 nitrogen and oxygen atoms in total. The van der Waals surface area contributed by atoms with Crippen molar-refractivity contribution in [1.82, 2.24) is 10.6 Å². The topological polar surface area (TPSA) is 24.1 Å². The van der Waals surface area contributed by atoms with Crippen molar-refractivity contribution in [2.75, 3.05) is 13.1 Å².